The van der Waals surface area contributed by atoms with Crippen molar-refractivity contribution in [2.75, 3.05) is 75.5 Å². The molecule has 0 bridgehead atoms. The van der Waals surface area contributed by atoms with Gasteiger partial charge in [-0.1, -0.05) is 6.07 Å². The smallest absolute Gasteiger partial charge is 0.321 e. The number of para-hydroxylation sites is 1. The molecule has 3 aliphatic heterocycles. The average Bonchev–Trinajstić information content (AvgIpc) is 3.65. The van der Waals surface area contributed by atoms with Crippen LogP contribution < -0.4 is 16.0 Å². The first-order chi connectivity index (χ1) is 20.5. The summed E-state index contributed by atoms with van der Waals surface area (Å²) in [7, 11) is 2.06. The Morgan fingerprint density at radius 3 is 2.60 bits per heavy atom. The molecule has 4 aromatic rings. The van der Waals surface area contributed by atoms with E-state index in [-0.39, 0.29) is 18.1 Å². The molecule has 2 fully saturated rings. The van der Waals surface area contributed by atoms with Crippen molar-refractivity contribution in [3.63, 3.8) is 0 Å². The van der Waals surface area contributed by atoms with Gasteiger partial charge < -0.3 is 35.4 Å². The van der Waals surface area contributed by atoms with Crippen molar-refractivity contribution in [2.45, 2.75) is 6.17 Å². The molecule has 13 heteroatoms. The number of morpholine rings is 1. The van der Waals surface area contributed by atoms with Gasteiger partial charge in [-0.25, -0.2) is 9.78 Å². The molecule has 42 heavy (non-hydrogen) atoms. The Morgan fingerprint density at radius 2 is 1.76 bits per heavy atom. The highest BCUT2D eigenvalue weighted by atomic mass is 16.5. The van der Waals surface area contributed by atoms with Crippen LogP contribution in [0.2, 0.25) is 0 Å². The molecule has 1 atom stereocenters. The standard InChI is InChI=1S/C29H32N10O3/c1-37-5-7-39(8-6-37)29(41)32-20-13-18(15-30-17-20)19-14-22-25(35-36-26(22)31-16-19)27-33-23-4-2-3-21(24(23)34-27)28(40)38-9-11-42-12-10-38/h2-4,13-17,27,33-34H,5-12H2,1H3,(H,32,41)(H,31,35,36). The van der Waals surface area contributed by atoms with Gasteiger partial charge in [0, 0.05) is 68.2 Å². The third-order valence-corrected chi connectivity index (χ3v) is 8.02. The van der Waals surface area contributed by atoms with Crippen molar-refractivity contribution < 1.29 is 14.3 Å². The van der Waals surface area contributed by atoms with E-state index in [0.29, 0.717) is 56.3 Å². The Kier molecular flexibility index (Phi) is 6.80. The van der Waals surface area contributed by atoms with Gasteiger partial charge in [-0.2, -0.15) is 5.10 Å². The maximum absolute atomic E-state index is 13.3. The highest BCUT2D eigenvalue weighted by molar-refractivity contribution is 6.04. The maximum atomic E-state index is 13.3. The number of pyridine rings is 2. The lowest BCUT2D eigenvalue weighted by Gasteiger charge is -2.32. The van der Waals surface area contributed by atoms with E-state index in [1.165, 1.54) is 0 Å². The van der Waals surface area contributed by atoms with E-state index in [0.717, 1.165) is 46.7 Å². The predicted molar refractivity (Wildman–Crippen MR) is 158 cm³/mol. The number of benzene rings is 1. The van der Waals surface area contributed by atoms with Gasteiger partial charge in [-0.05, 0) is 31.3 Å². The van der Waals surface area contributed by atoms with Gasteiger partial charge in [-0.3, -0.25) is 14.9 Å². The van der Waals surface area contributed by atoms with Crippen LogP contribution in [0, 0.1) is 0 Å². The number of nitrogens with one attached hydrogen (secondary N) is 4. The predicted octanol–water partition coefficient (Wildman–Crippen LogP) is 2.81. The van der Waals surface area contributed by atoms with E-state index in [9.17, 15) is 9.59 Å². The van der Waals surface area contributed by atoms with E-state index in [4.69, 9.17) is 4.74 Å². The molecular weight excluding hydrogens is 536 g/mol. The van der Waals surface area contributed by atoms with E-state index in [1.807, 2.05) is 40.1 Å². The molecule has 1 unspecified atom stereocenters. The molecule has 0 radical (unpaired) electrons. The van der Waals surface area contributed by atoms with E-state index in [2.05, 4.69) is 48.1 Å². The van der Waals surface area contributed by atoms with Crippen molar-refractivity contribution >= 4 is 40.0 Å². The molecule has 216 valence electrons. The number of H-pyrrole nitrogens is 1. The normalized spacial score (nSPS) is 18.8. The van der Waals surface area contributed by atoms with Crippen molar-refractivity contribution in [1.29, 1.82) is 0 Å². The first-order valence-electron chi connectivity index (χ1n) is 14.1. The monoisotopic (exact) mass is 568 g/mol. The van der Waals surface area contributed by atoms with Crippen LogP contribution >= 0.6 is 0 Å². The van der Waals surface area contributed by atoms with Crippen molar-refractivity contribution in [3.05, 3.63) is 60.2 Å². The molecule has 0 spiro atoms. The van der Waals surface area contributed by atoms with Crippen LogP contribution in [0.3, 0.4) is 0 Å². The fraction of sp³-hybridized carbons (Fsp3) is 0.345. The third-order valence-electron chi connectivity index (χ3n) is 8.02. The number of amides is 3. The van der Waals surface area contributed by atoms with Crippen LogP contribution in [0.4, 0.5) is 21.9 Å². The number of rotatable bonds is 4. The quantitative estimate of drug-likeness (QED) is 0.292. The number of likely N-dealkylation sites (N-methyl/N-ethyl adjacent to an activating group) is 1. The highest BCUT2D eigenvalue weighted by Crippen LogP contribution is 2.39. The SMILES string of the molecule is CN1CCN(C(=O)Nc2cncc(-c3cnc4n[nH]c(C5Nc6cccc(C(=O)N7CCOCC7)c6N5)c4c3)c2)CC1. The number of carbonyl (C=O) groups excluding carboxylic acids is 2. The number of piperazine rings is 1. The molecule has 3 aliphatic rings. The lowest BCUT2D eigenvalue weighted by Crippen LogP contribution is -2.48. The molecule has 1 aromatic carbocycles. The molecule has 2 saturated heterocycles. The third kappa shape index (κ3) is 4.97. The molecule has 3 amide bonds. The Labute approximate surface area is 242 Å². The van der Waals surface area contributed by atoms with Crippen molar-refractivity contribution in [3.8, 4) is 11.1 Å². The number of carbonyl (C=O) groups is 2. The first kappa shape index (κ1) is 26.2. The van der Waals surface area contributed by atoms with Gasteiger partial charge in [0.1, 0.15) is 6.17 Å². The average molecular weight is 569 g/mol. The second-order valence-electron chi connectivity index (χ2n) is 10.8. The molecule has 13 nitrogen and oxygen atoms in total. The van der Waals surface area contributed by atoms with Gasteiger partial charge >= 0.3 is 6.03 Å². The molecule has 0 aliphatic carbocycles. The second-order valence-corrected chi connectivity index (χ2v) is 10.8. The number of aromatic amines is 1. The summed E-state index contributed by atoms with van der Waals surface area (Å²) in [6.45, 7) is 5.34. The fourth-order valence-corrected chi connectivity index (χ4v) is 5.60. The summed E-state index contributed by atoms with van der Waals surface area (Å²) in [5.41, 5.74) is 5.88. The largest absolute Gasteiger partial charge is 0.378 e. The summed E-state index contributed by atoms with van der Waals surface area (Å²) in [5, 5.41) is 18.3. The van der Waals surface area contributed by atoms with Gasteiger partial charge in [0.2, 0.25) is 0 Å². The number of anilines is 3. The Hall–Kier alpha value is -4.75. The van der Waals surface area contributed by atoms with Gasteiger partial charge in [0.15, 0.2) is 5.65 Å². The number of nitrogens with zero attached hydrogens (tertiary/aromatic N) is 6. The van der Waals surface area contributed by atoms with Crippen LogP contribution in [0.25, 0.3) is 22.2 Å². The van der Waals surface area contributed by atoms with Crippen LogP contribution in [0.15, 0.2) is 48.9 Å². The summed E-state index contributed by atoms with van der Waals surface area (Å²) in [4.78, 5) is 40.9. The molecule has 3 aromatic heterocycles. The van der Waals surface area contributed by atoms with Crippen molar-refractivity contribution in [2.24, 2.45) is 0 Å². The minimum absolute atomic E-state index is 0.0179. The zero-order valence-electron chi connectivity index (χ0n) is 23.3. The summed E-state index contributed by atoms with van der Waals surface area (Å²) >= 11 is 0. The van der Waals surface area contributed by atoms with Crippen LogP contribution in [-0.4, -0.2) is 106 Å². The zero-order chi connectivity index (χ0) is 28.6. The highest BCUT2D eigenvalue weighted by Gasteiger charge is 2.30. The lowest BCUT2D eigenvalue weighted by atomic mass is 10.1. The summed E-state index contributed by atoms with van der Waals surface area (Å²) in [6, 6.07) is 9.47. The number of hydrogen-bond acceptors (Lipinski definition) is 9. The van der Waals surface area contributed by atoms with E-state index in [1.54, 1.807) is 18.6 Å². The Bertz CT molecular complexity index is 1640. The van der Waals surface area contributed by atoms with Gasteiger partial charge in [0.25, 0.3) is 5.91 Å². The van der Waals surface area contributed by atoms with Crippen LogP contribution in [0.1, 0.15) is 22.2 Å². The minimum Gasteiger partial charge on any atom is -0.378 e. The number of fused-ring (bicyclic) bond motifs is 2. The van der Waals surface area contributed by atoms with E-state index >= 15 is 0 Å². The zero-order valence-corrected chi connectivity index (χ0v) is 23.3. The Balaban J connectivity index is 1.12. The van der Waals surface area contributed by atoms with Crippen LogP contribution in [0.5, 0.6) is 0 Å². The lowest BCUT2D eigenvalue weighted by molar-refractivity contribution is 0.0303. The Morgan fingerprint density at radius 1 is 0.952 bits per heavy atom. The molecule has 6 heterocycles. The maximum Gasteiger partial charge on any atom is 0.321 e. The van der Waals surface area contributed by atoms with Gasteiger partial charge in [0.05, 0.1) is 47.7 Å². The first-order valence-corrected chi connectivity index (χ1v) is 14.1. The topological polar surface area (TPSA) is 144 Å². The minimum atomic E-state index is -0.340. The molecular formula is C29H32N10O3. The summed E-state index contributed by atoms with van der Waals surface area (Å²) in [5.74, 6) is -0.0179. The summed E-state index contributed by atoms with van der Waals surface area (Å²) in [6.07, 6.45) is 4.80. The molecule has 0 saturated carbocycles. The molecule has 4 N–H and O–H groups in total. The number of aromatic nitrogens is 4. The number of ether oxygens (including phenoxy) is 1. The van der Waals surface area contributed by atoms with E-state index < -0.39 is 0 Å². The molecule has 7 rings (SSSR count). The second kappa shape index (κ2) is 10.9. The number of hydrogen-bond donors (Lipinski definition) is 4. The fourth-order valence-electron chi connectivity index (χ4n) is 5.60. The van der Waals surface area contributed by atoms with Crippen molar-refractivity contribution in [1.82, 2.24) is 34.9 Å². The number of urea groups is 1. The van der Waals surface area contributed by atoms with Crippen LogP contribution in [-0.2, 0) is 4.74 Å². The summed E-state index contributed by atoms with van der Waals surface area (Å²) < 4.78 is 5.41. The van der Waals surface area contributed by atoms with Gasteiger partial charge in [-0.15, -0.1) is 0 Å².